The summed E-state index contributed by atoms with van der Waals surface area (Å²) in [4.78, 5) is 19.4. The van der Waals surface area contributed by atoms with Gasteiger partial charge in [0.2, 0.25) is 5.28 Å². The van der Waals surface area contributed by atoms with E-state index in [0.717, 1.165) is 5.69 Å². The molecule has 128 valence electrons. The van der Waals surface area contributed by atoms with Gasteiger partial charge in [-0.05, 0) is 23.7 Å². The van der Waals surface area contributed by atoms with E-state index < -0.39 is 10.8 Å². The van der Waals surface area contributed by atoms with Gasteiger partial charge in [0.25, 0.3) is 0 Å². The summed E-state index contributed by atoms with van der Waals surface area (Å²) in [6.45, 7) is 1.31. The van der Waals surface area contributed by atoms with E-state index in [-0.39, 0.29) is 5.28 Å². The SMILES string of the molecule is O=S1CCN(c2nc(Cl)nc3c(Nc4ccccc4)ncnc23)CC1. The lowest BCUT2D eigenvalue weighted by Crippen LogP contribution is -2.38. The molecule has 4 rings (SSSR count). The summed E-state index contributed by atoms with van der Waals surface area (Å²) >= 11 is 6.15. The Bertz CT molecular complexity index is 929. The third kappa shape index (κ3) is 3.40. The number of fused-ring (bicyclic) bond motifs is 1. The van der Waals surface area contributed by atoms with Crippen LogP contribution in [0.1, 0.15) is 0 Å². The minimum atomic E-state index is -0.768. The van der Waals surface area contributed by atoms with Crippen molar-refractivity contribution in [3.05, 3.63) is 41.9 Å². The first kappa shape index (κ1) is 16.2. The second-order valence-electron chi connectivity index (χ2n) is 5.56. The lowest BCUT2D eigenvalue weighted by atomic mass is 10.3. The molecular formula is C16H15ClN6OS. The van der Waals surface area contributed by atoms with Crippen LogP contribution in [0.3, 0.4) is 0 Å². The first-order valence-electron chi connectivity index (χ1n) is 7.81. The first-order chi connectivity index (χ1) is 12.2. The third-order valence-electron chi connectivity index (χ3n) is 3.95. The van der Waals surface area contributed by atoms with Gasteiger partial charge in [-0.25, -0.2) is 15.0 Å². The fourth-order valence-electron chi connectivity index (χ4n) is 2.73. The molecule has 3 heterocycles. The Morgan fingerprint density at radius 3 is 2.56 bits per heavy atom. The Kier molecular flexibility index (Phi) is 4.46. The van der Waals surface area contributed by atoms with Gasteiger partial charge < -0.3 is 10.2 Å². The van der Waals surface area contributed by atoms with Crippen LogP contribution in [-0.2, 0) is 10.8 Å². The van der Waals surface area contributed by atoms with Crippen molar-refractivity contribution in [3.8, 4) is 0 Å². The lowest BCUT2D eigenvalue weighted by Gasteiger charge is -2.27. The van der Waals surface area contributed by atoms with Gasteiger partial charge in [0.05, 0.1) is 0 Å². The Morgan fingerprint density at radius 2 is 1.80 bits per heavy atom. The molecule has 0 unspecified atom stereocenters. The summed E-state index contributed by atoms with van der Waals surface area (Å²) < 4.78 is 11.6. The van der Waals surface area contributed by atoms with E-state index in [2.05, 4.69) is 30.2 Å². The minimum Gasteiger partial charge on any atom is -0.353 e. The van der Waals surface area contributed by atoms with Gasteiger partial charge in [0, 0.05) is 41.1 Å². The van der Waals surface area contributed by atoms with Crippen molar-refractivity contribution in [2.24, 2.45) is 0 Å². The van der Waals surface area contributed by atoms with Gasteiger partial charge in [-0.15, -0.1) is 0 Å². The summed E-state index contributed by atoms with van der Waals surface area (Å²) in [5.41, 5.74) is 2.09. The zero-order valence-corrected chi connectivity index (χ0v) is 14.8. The fourth-order valence-corrected chi connectivity index (χ4v) is 3.94. The summed E-state index contributed by atoms with van der Waals surface area (Å²) in [6, 6.07) is 9.70. The Hall–Kier alpha value is -2.32. The van der Waals surface area contributed by atoms with Crippen LogP contribution in [-0.4, -0.2) is 48.7 Å². The monoisotopic (exact) mass is 374 g/mol. The molecule has 3 aromatic rings. The van der Waals surface area contributed by atoms with Gasteiger partial charge >= 0.3 is 0 Å². The maximum atomic E-state index is 11.6. The second kappa shape index (κ2) is 6.89. The topological polar surface area (TPSA) is 83.9 Å². The summed E-state index contributed by atoms with van der Waals surface area (Å²) in [5.74, 6) is 2.46. The zero-order valence-electron chi connectivity index (χ0n) is 13.2. The number of aromatic nitrogens is 4. The van der Waals surface area contributed by atoms with E-state index in [4.69, 9.17) is 11.6 Å². The number of halogens is 1. The average molecular weight is 375 g/mol. The molecule has 7 nitrogen and oxygen atoms in total. The minimum absolute atomic E-state index is 0.139. The molecule has 0 spiro atoms. The van der Waals surface area contributed by atoms with Crippen LogP contribution in [0.15, 0.2) is 36.7 Å². The van der Waals surface area contributed by atoms with Crippen LogP contribution in [0.25, 0.3) is 11.0 Å². The highest BCUT2D eigenvalue weighted by molar-refractivity contribution is 7.85. The molecule has 0 bridgehead atoms. The molecule has 0 atom stereocenters. The molecule has 1 aromatic carbocycles. The standard InChI is InChI=1S/C16H15ClN6OS/c17-16-21-12-13(15(22-16)23-6-8-25(24)9-7-23)18-10-19-14(12)20-11-4-2-1-3-5-11/h1-5,10H,6-9H2,(H,18,19,20). The van der Waals surface area contributed by atoms with Crippen LogP contribution in [0.4, 0.5) is 17.3 Å². The van der Waals surface area contributed by atoms with Gasteiger partial charge in [0.1, 0.15) is 17.4 Å². The van der Waals surface area contributed by atoms with Gasteiger partial charge in [-0.2, -0.15) is 4.98 Å². The summed E-state index contributed by atoms with van der Waals surface area (Å²) in [5, 5.41) is 3.38. The van der Waals surface area contributed by atoms with Crippen molar-refractivity contribution < 1.29 is 4.21 Å². The normalized spacial score (nSPS) is 15.5. The number of hydrogen-bond donors (Lipinski definition) is 1. The fraction of sp³-hybridized carbons (Fsp3) is 0.250. The van der Waals surface area contributed by atoms with Gasteiger partial charge in [-0.1, -0.05) is 18.2 Å². The van der Waals surface area contributed by atoms with Crippen molar-refractivity contribution in [2.45, 2.75) is 0 Å². The highest BCUT2D eigenvalue weighted by Crippen LogP contribution is 2.29. The predicted octanol–water partition coefficient (Wildman–Crippen LogP) is 2.39. The highest BCUT2D eigenvalue weighted by atomic mass is 35.5. The highest BCUT2D eigenvalue weighted by Gasteiger charge is 2.22. The van der Waals surface area contributed by atoms with E-state index in [1.807, 2.05) is 30.3 Å². The van der Waals surface area contributed by atoms with Crippen molar-refractivity contribution in [1.29, 1.82) is 0 Å². The average Bonchev–Trinajstić information content (AvgIpc) is 2.63. The second-order valence-corrected chi connectivity index (χ2v) is 7.60. The molecule has 9 heteroatoms. The van der Waals surface area contributed by atoms with Gasteiger partial charge in [-0.3, -0.25) is 4.21 Å². The smallest absolute Gasteiger partial charge is 0.225 e. The maximum Gasteiger partial charge on any atom is 0.225 e. The molecule has 1 fully saturated rings. The molecule has 0 saturated carbocycles. The van der Waals surface area contributed by atoms with Crippen LogP contribution >= 0.6 is 11.6 Å². The van der Waals surface area contributed by atoms with Gasteiger partial charge in [0.15, 0.2) is 11.6 Å². The molecule has 1 aliphatic rings. The van der Waals surface area contributed by atoms with Crippen LogP contribution in [0, 0.1) is 0 Å². The van der Waals surface area contributed by atoms with E-state index >= 15 is 0 Å². The van der Waals surface area contributed by atoms with Crippen LogP contribution < -0.4 is 10.2 Å². The van der Waals surface area contributed by atoms with Crippen molar-refractivity contribution in [2.75, 3.05) is 34.8 Å². The van der Waals surface area contributed by atoms with Crippen LogP contribution in [0.2, 0.25) is 5.28 Å². The maximum absolute atomic E-state index is 11.6. The molecule has 1 aliphatic heterocycles. The molecule has 1 saturated heterocycles. The number of benzene rings is 1. The number of nitrogens with one attached hydrogen (secondary N) is 1. The zero-order chi connectivity index (χ0) is 17.2. The van der Waals surface area contributed by atoms with E-state index in [0.29, 0.717) is 47.3 Å². The quantitative estimate of drug-likeness (QED) is 0.704. The number of nitrogens with zero attached hydrogens (tertiary/aromatic N) is 5. The number of hydrogen-bond acceptors (Lipinski definition) is 7. The molecule has 0 radical (unpaired) electrons. The van der Waals surface area contributed by atoms with E-state index in [1.54, 1.807) is 0 Å². The molecule has 0 aliphatic carbocycles. The number of para-hydroxylation sites is 1. The first-order valence-corrected chi connectivity index (χ1v) is 9.67. The Morgan fingerprint density at radius 1 is 1.04 bits per heavy atom. The molecule has 2 aromatic heterocycles. The van der Waals surface area contributed by atoms with Crippen molar-refractivity contribution in [3.63, 3.8) is 0 Å². The van der Waals surface area contributed by atoms with Crippen LogP contribution in [0.5, 0.6) is 0 Å². The Balaban J connectivity index is 1.78. The predicted molar refractivity (Wildman–Crippen MR) is 100.0 cm³/mol. The molecular weight excluding hydrogens is 360 g/mol. The molecule has 1 N–H and O–H groups in total. The molecule has 0 amide bonds. The number of anilines is 3. The van der Waals surface area contributed by atoms with E-state index in [1.165, 1.54) is 6.33 Å². The van der Waals surface area contributed by atoms with Crippen molar-refractivity contribution in [1.82, 2.24) is 19.9 Å². The molecule has 25 heavy (non-hydrogen) atoms. The third-order valence-corrected chi connectivity index (χ3v) is 5.39. The summed E-state index contributed by atoms with van der Waals surface area (Å²) in [7, 11) is -0.768. The van der Waals surface area contributed by atoms with E-state index in [9.17, 15) is 4.21 Å². The number of rotatable bonds is 3. The largest absolute Gasteiger partial charge is 0.353 e. The van der Waals surface area contributed by atoms with Crippen molar-refractivity contribution >= 4 is 50.8 Å². The Labute approximate surface area is 151 Å². The lowest BCUT2D eigenvalue weighted by molar-refractivity contribution is 0.672. The summed E-state index contributed by atoms with van der Waals surface area (Å²) in [6.07, 6.45) is 1.48.